The van der Waals surface area contributed by atoms with Crippen LogP contribution >= 0.6 is 11.3 Å². The molecule has 0 N–H and O–H groups in total. The fraction of sp³-hybridized carbons (Fsp3) is 0. The molecule has 0 bridgehead atoms. The molecule has 2 nitrogen and oxygen atoms in total. The summed E-state index contributed by atoms with van der Waals surface area (Å²) in [6.07, 6.45) is 0. The Balaban J connectivity index is 0.992. The molecule has 0 aliphatic rings. The van der Waals surface area contributed by atoms with Crippen molar-refractivity contribution in [3.05, 3.63) is 255 Å². The molecule has 13 rings (SSSR count). The second-order valence-corrected chi connectivity index (χ2v) is 18.3. The lowest BCUT2D eigenvalue weighted by Crippen LogP contribution is -2.10. The number of thiophene rings is 1. The van der Waals surface area contributed by atoms with Gasteiger partial charge in [0, 0.05) is 48.0 Å². The first-order valence-electron chi connectivity index (χ1n) is 22.9. The van der Waals surface area contributed by atoms with E-state index in [2.05, 4.69) is 264 Å². The number of hydrogen-bond donors (Lipinski definition) is 0. The van der Waals surface area contributed by atoms with E-state index in [4.69, 9.17) is 0 Å². The quantitative estimate of drug-likeness (QED) is 0.148. The molecule has 0 atom stereocenters. The number of fused-ring (bicyclic) bond motifs is 7. The maximum absolute atomic E-state index is 2.47. The van der Waals surface area contributed by atoms with Crippen LogP contribution in [0, 0.1) is 0 Å². The SMILES string of the molecule is c1ccc(-c2ccc(N(c3ccc(-c4cccc(-c5ccc6ccccc6c5)c4)cc3)c3cccc(-c4cccc5c4c4ccccc4n5-c4ccccc4)c3)c3c2sc2ccccc23)cc1. The van der Waals surface area contributed by atoms with E-state index < -0.39 is 0 Å². The van der Waals surface area contributed by atoms with Crippen LogP contribution in [0.4, 0.5) is 17.1 Å². The summed E-state index contributed by atoms with van der Waals surface area (Å²) in [5, 5.41) is 7.51. The Morgan fingerprint density at radius 3 is 1.81 bits per heavy atom. The first-order chi connectivity index (χ1) is 33.2. The predicted octanol–water partition coefficient (Wildman–Crippen LogP) is 18.4. The molecular weight excluding hydrogens is 829 g/mol. The van der Waals surface area contributed by atoms with Gasteiger partial charge in [0.2, 0.25) is 0 Å². The number of para-hydroxylation sites is 2. The standard InChI is InChI=1S/C64H42N2S/c1-3-17-45(18-4-1)55-38-39-60(63-57-27-10-12-31-61(57)67-64(55)63)65(52-36-34-44(35-37-52)47-20-13-21-48(40-47)49-33-32-43-16-7-8-19-46(43)41-49)53-25-14-22-50(42-53)54-28-15-30-59-62(54)56-26-9-11-29-58(56)66(59)51-23-5-2-6-24-51/h1-42H. The number of rotatable bonds is 8. The first-order valence-corrected chi connectivity index (χ1v) is 23.7. The van der Waals surface area contributed by atoms with E-state index in [1.165, 1.54) is 97.3 Å². The number of hydrogen-bond acceptors (Lipinski definition) is 2. The lowest BCUT2D eigenvalue weighted by atomic mass is 9.96. The van der Waals surface area contributed by atoms with Gasteiger partial charge in [-0.2, -0.15) is 0 Å². The Morgan fingerprint density at radius 2 is 0.955 bits per heavy atom. The minimum atomic E-state index is 1.09. The smallest absolute Gasteiger partial charge is 0.0555 e. The summed E-state index contributed by atoms with van der Waals surface area (Å²) in [6, 6.07) is 93.2. The average molecular weight is 871 g/mol. The van der Waals surface area contributed by atoms with Crippen LogP contribution in [0.25, 0.3) is 103 Å². The molecule has 0 spiro atoms. The topological polar surface area (TPSA) is 8.17 Å². The Labute approximate surface area is 393 Å². The zero-order valence-corrected chi connectivity index (χ0v) is 37.4. The van der Waals surface area contributed by atoms with Crippen LogP contribution in [0.5, 0.6) is 0 Å². The van der Waals surface area contributed by atoms with Crippen molar-refractivity contribution in [2.24, 2.45) is 0 Å². The molecule has 314 valence electrons. The van der Waals surface area contributed by atoms with Crippen molar-refractivity contribution in [3.8, 4) is 50.2 Å². The maximum atomic E-state index is 2.47. The highest BCUT2D eigenvalue weighted by atomic mass is 32.1. The molecule has 0 saturated carbocycles. The van der Waals surface area contributed by atoms with Gasteiger partial charge in [-0.15, -0.1) is 11.3 Å². The van der Waals surface area contributed by atoms with Crippen molar-refractivity contribution in [2.75, 3.05) is 4.90 Å². The molecule has 67 heavy (non-hydrogen) atoms. The molecule has 13 aromatic rings. The summed E-state index contributed by atoms with van der Waals surface area (Å²) < 4.78 is 4.96. The summed E-state index contributed by atoms with van der Waals surface area (Å²) in [4.78, 5) is 2.47. The second-order valence-electron chi connectivity index (χ2n) is 17.3. The van der Waals surface area contributed by atoms with Crippen LogP contribution in [-0.2, 0) is 0 Å². The second kappa shape index (κ2) is 16.2. The average Bonchev–Trinajstić information content (AvgIpc) is 3.96. The Kier molecular flexibility index (Phi) is 9.40. The van der Waals surface area contributed by atoms with Gasteiger partial charge in [-0.3, -0.25) is 0 Å². The van der Waals surface area contributed by atoms with Crippen LogP contribution in [0.15, 0.2) is 255 Å². The van der Waals surface area contributed by atoms with Crippen molar-refractivity contribution in [2.45, 2.75) is 0 Å². The Morgan fingerprint density at radius 1 is 0.328 bits per heavy atom. The zero-order chi connectivity index (χ0) is 44.3. The van der Waals surface area contributed by atoms with Gasteiger partial charge in [-0.25, -0.2) is 0 Å². The van der Waals surface area contributed by atoms with E-state index in [-0.39, 0.29) is 0 Å². The van der Waals surface area contributed by atoms with E-state index in [1.807, 2.05) is 11.3 Å². The first kappa shape index (κ1) is 38.9. The van der Waals surface area contributed by atoms with E-state index in [9.17, 15) is 0 Å². The molecule has 0 radical (unpaired) electrons. The molecule has 2 heterocycles. The molecule has 3 heteroatoms. The van der Waals surface area contributed by atoms with Crippen molar-refractivity contribution in [1.29, 1.82) is 0 Å². The summed E-state index contributed by atoms with van der Waals surface area (Å²) >= 11 is 1.88. The van der Waals surface area contributed by atoms with E-state index in [0.29, 0.717) is 0 Å². The van der Waals surface area contributed by atoms with Crippen molar-refractivity contribution < 1.29 is 0 Å². The third-order valence-electron chi connectivity index (χ3n) is 13.4. The van der Waals surface area contributed by atoms with Crippen molar-refractivity contribution in [1.82, 2.24) is 4.57 Å². The monoisotopic (exact) mass is 870 g/mol. The minimum Gasteiger partial charge on any atom is -0.310 e. The summed E-state index contributed by atoms with van der Waals surface area (Å²) in [5.74, 6) is 0. The van der Waals surface area contributed by atoms with Crippen LogP contribution in [0.1, 0.15) is 0 Å². The van der Waals surface area contributed by atoms with Crippen LogP contribution in [0.2, 0.25) is 0 Å². The molecule has 0 aliphatic heterocycles. The summed E-state index contributed by atoms with van der Waals surface area (Å²) in [7, 11) is 0. The van der Waals surface area contributed by atoms with E-state index in [1.54, 1.807) is 0 Å². The fourth-order valence-electron chi connectivity index (χ4n) is 10.2. The molecule has 11 aromatic carbocycles. The van der Waals surface area contributed by atoms with Gasteiger partial charge in [0.25, 0.3) is 0 Å². The van der Waals surface area contributed by atoms with Crippen LogP contribution < -0.4 is 4.90 Å². The predicted molar refractivity (Wildman–Crippen MR) is 288 cm³/mol. The molecule has 0 aliphatic carbocycles. The Bertz CT molecular complexity index is 3980. The maximum Gasteiger partial charge on any atom is 0.0555 e. The van der Waals surface area contributed by atoms with Gasteiger partial charge in [0.15, 0.2) is 0 Å². The van der Waals surface area contributed by atoms with Crippen molar-refractivity contribution in [3.63, 3.8) is 0 Å². The molecule has 2 aromatic heterocycles. The normalized spacial score (nSPS) is 11.6. The minimum absolute atomic E-state index is 1.09. The van der Waals surface area contributed by atoms with Gasteiger partial charge in [0.1, 0.15) is 0 Å². The number of aromatic nitrogens is 1. The van der Waals surface area contributed by atoms with Crippen molar-refractivity contribution >= 4 is 81.1 Å². The van der Waals surface area contributed by atoms with Gasteiger partial charge in [-0.1, -0.05) is 182 Å². The van der Waals surface area contributed by atoms with Gasteiger partial charge in [-0.05, 0) is 128 Å². The molecule has 0 saturated heterocycles. The van der Waals surface area contributed by atoms with Gasteiger partial charge < -0.3 is 9.47 Å². The highest BCUT2D eigenvalue weighted by molar-refractivity contribution is 7.26. The van der Waals surface area contributed by atoms with E-state index >= 15 is 0 Å². The largest absolute Gasteiger partial charge is 0.310 e. The molecule has 0 unspecified atom stereocenters. The molecular formula is C64H42N2S. The lowest BCUT2D eigenvalue weighted by Gasteiger charge is -2.28. The lowest BCUT2D eigenvalue weighted by molar-refractivity contribution is 1.18. The fourth-order valence-corrected chi connectivity index (χ4v) is 11.5. The highest BCUT2D eigenvalue weighted by Gasteiger charge is 2.23. The molecule has 0 fully saturated rings. The summed E-state index contributed by atoms with van der Waals surface area (Å²) in [6.45, 7) is 0. The van der Waals surface area contributed by atoms with Gasteiger partial charge >= 0.3 is 0 Å². The number of nitrogens with zero attached hydrogens (tertiary/aromatic N) is 2. The highest BCUT2D eigenvalue weighted by Crippen LogP contribution is 2.49. The molecule has 0 amide bonds. The number of benzene rings is 11. The number of anilines is 3. The Hall–Kier alpha value is -8.50. The van der Waals surface area contributed by atoms with E-state index in [0.717, 1.165) is 22.7 Å². The third kappa shape index (κ3) is 6.71. The van der Waals surface area contributed by atoms with Crippen LogP contribution in [0.3, 0.4) is 0 Å². The zero-order valence-electron chi connectivity index (χ0n) is 36.6. The summed E-state index contributed by atoms with van der Waals surface area (Å²) in [5.41, 5.74) is 16.5. The van der Waals surface area contributed by atoms with Crippen LogP contribution in [-0.4, -0.2) is 4.57 Å². The van der Waals surface area contributed by atoms with Gasteiger partial charge in [0.05, 0.1) is 16.7 Å². The third-order valence-corrected chi connectivity index (χ3v) is 14.6.